The number of hydrogen-bond donors (Lipinski definition) is 0. The van der Waals surface area contributed by atoms with E-state index in [4.69, 9.17) is 4.74 Å². The molecule has 0 radical (unpaired) electrons. The quantitative estimate of drug-likeness (QED) is 0.735. The highest BCUT2D eigenvalue weighted by Crippen LogP contribution is 2.14. The summed E-state index contributed by atoms with van der Waals surface area (Å²) in [6.07, 6.45) is 2.30. The van der Waals surface area contributed by atoms with Crippen molar-refractivity contribution in [3.63, 3.8) is 0 Å². The van der Waals surface area contributed by atoms with Crippen molar-refractivity contribution in [3.05, 3.63) is 0 Å². The number of hydrogen-bond acceptors (Lipinski definition) is 2. The lowest BCUT2D eigenvalue weighted by atomic mass is 10.0. The molecule has 1 aliphatic rings. The fourth-order valence-electron chi connectivity index (χ4n) is 2.15. The molecule has 0 aromatic rings. The van der Waals surface area contributed by atoms with Gasteiger partial charge in [0.05, 0.1) is 6.61 Å². The van der Waals surface area contributed by atoms with Crippen LogP contribution in [0.4, 0.5) is 4.79 Å². The minimum absolute atomic E-state index is 0.135. The second-order valence-electron chi connectivity index (χ2n) is 4.42. The molecule has 4 nitrogen and oxygen atoms in total. The van der Waals surface area contributed by atoms with E-state index < -0.39 is 0 Å². The van der Waals surface area contributed by atoms with Crippen LogP contribution in [0.15, 0.2) is 0 Å². The van der Waals surface area contributed by atoms with Crippen molar-refractivity contribution in [2.24, 2.45) is 5.92 Å². The third kappa shape index (κ3) is 3.67. The fourth-order valence-corrected chi connectivity index (χ4v) is 2.15. The Bertz CT molecular complexity index is 211. The molecule has 1 aliphatic heterocycles. The van der Waals surface area contributed by atoms with E-state index in [1.54, 1.807) is 0 Å². The second-order valence-corrected chi connectivity index (χ2v) is 4.42. The molecule has 0 aliphatic carbocycles. The standard InChI is InChI=1S/C12H24N2O2/c1-4-14(5-2)12(15)13(3)9-11-7-6-8-16-10-11/h11H,4-10H2,1-3H3. The first kappa shape index (κ1) is 13.3. The van der Waals surface area contributed by atoms with Gasteiger partial charge in [-0.1, -0.05) is 0 Å². The van der Waals surface area contributed by atoms with Crippen LogP contribution in [0.1, 0.15) is 26.7 Å². The Morgan fingerprint density at radius 3 is 2.56 bits per heavy atom. The molecule has 1 unspecified atom stereocenters. The van der Waals surface area contributed by atoms with E-state index in [-0.39, 0.29) is 6.03 Å². The monoisotopic (exact) mass is 228 g/mol. The summed E-state index contributed by atoms with van der Waals surface area (Å²) in [7, 11) is 1.88. The predicted molar refractivity (Wildman–Crippen MR) is 64.5 cm³/mol. The molecule has 2 amide bonds. The second kappa shape index (κ2) is 6.74. The van der Waals surface area contributed by atoms with E-state index in [9.17, 15) is 4.79 Å². The lowest BCUT2D eigenvalue weighted by Gasteiger charge is -2.30. The van der Waals surface area contributed by atoms with Gasteiger partial charge in [0.1, 0.15) is 0 Å². The number of carbonyl (C=O) groups is 1. The predicted octanol–water partition coefficient (Wildman–Crippen LogP) is 1.81. The molecule has 16 heavy (non-hydrogen) atoms. The number of amides is 2. The van der Waals surface area contributed by atoms with Crippen molar-refractivity contribution in [3.8, 4) is 0 Å². The highest BCUT2D eigenvalue weighted by atomic mass is 16.5. The maximum atomic E-state index is 12.0. The molecule has 0 saturated carbocycles. The van der Waals surface area contributed by atoms with Crippen LogP contribution in [-0.4, -0.2) is 55.7 Å². The van der Waals surface area contributed by atoms with Crippen LogP contribution in [0.3, 0.4) is 0 Å². The molecule has 1 atom stereocenters. The molecule has 94 valence electrons. The normalized spacial score (nSPS) is 20.6. The van der Waals surface area contributed by atoms with Crippen molar-refractivity contribution in [2.75, 3.05) is 39.9 Å². The van der Waals surface area contributed by atoms with Crippen LogP contribution in [0, 0.1) is 5.92 Å². The third-order valence-corrected chi connectivity index (χ3v) is 3.15. The van der Waals surface area contributed by atoms with Gasteiger partial charge in [0.15, 0.2) is 0 Å². The maximum Gasteiger partial charge on any atom is 0.319 e. The minimum Gasteiger partial charge on any atom is -0.381 e. The summed E-state index contributed by atoms with van der Waals surface area (Å²) in [6.45, 7) is 8.08. The molecular weight excluding hydrogens is 204 g/mol. The zero-order valence-corrected chi connectivity index (χ0v) is 10.7. The van der Waals surface area contributed by atoms with Gasteiger partial charge in [-0.3, -0.25) is 0 Å². The molecule has 0 aromatic carbocycles. The van der Waals surface area contributed by atoms with Gasteiger partial charge < -0.3 is 14.5 Å². The number of rotatable bonds is 4. The third-order valence-electron chi connectivity index (χ3n) is 3.15. The van der Waals surface area contributed by atoms with Gasteiger partial charge in [0.2, 0.25) is 0 Å². The SMILES string of the molecule is CCN(CC)C(=O)N(C)CC1CCCOC1. The van der Waals surface area contributed by atoms with Gasteiger partial charge in [0, 0.05) is 39.2 Å². The van der Waals surface area contributed by atoms with Crippen molar-refractivity contribution in [1.82, 2.24) is 9.80 Å². The van der Waals surface area contributed by atoms with Crippen LogP contribution in [-0.2, 0) is 4.74 Å². The van der Waals surface area contributed by atoms with E-state index >= 15 is 0 Å². The molecule has 1 saturated heterocycles. The zero-order valence-electron chi connectivity index (χ0n) is 10.7. The maximum absolute atomic E-state index is 12.0. The zero-order chi connectivity index (χ0) is 12.0. The van der Waals surface area contributed by atoms with E-state index in [0.717, 1.165) is 39.3 Å². The Morgan fingerprint density at radius 2 is 2.06 bits per heavy atom. The smallest absolute Gasteiger partial charge is 0.319 e. The van der Waals surface area contributed by atoms with Crippen molar-refractivity contribution in [2.45, 2.75) is 26.7 Å². The Hall–Kier alpha value is -0.770. The molecule has 0 spiro atoms. The first-order chi connectivity index (χ1) is 7.69. The van der Waals surface area contributed by atoms with E-state index in [0.29, 0.717) is 5.92 Å². The summed E-state index contributed by atoms with van der Waals surface area (Å²) < 4.78 is 5.42. The summed E-state index contributed by atoms with van der Waals surface area (Å²) in [6, 6.07) is 0.135. The molecule has 1 rings (SSSR count). The highest BCUT2D eigenvalue weighted by Gasteiger charge is 2.20. The van der Waals surface area contributed by atoms with Gasteiger partial charge >= 0.3 is 6.03 Å². The lowest BCUT2D eigenvalue weighted by Crippen LogP contribution is -2.43. The average Bonchev–Trinajstić information content (AvgIpc) is 2.31. The van der Waals surface area contributed by atoms with Gasteiger partial charge in [-0.2, -0.15) is 0 Å². The Labute approximate surface area is 98.5 Å². The number of carbonyl (C=O) groups excluding carboxylic acids is 1. The molecule has 1 fully saturated rings. The molecular formula is C12H24N2O2. The van der Waals surface area contributed by atoms with Crippen LogP contribution < -0.4 is 0 Å². The molecule has 0 aromatic heterocycles. The number of ether oxygens (including phenoxy) is 1. The molecule has 1 heterocycles. The Balaban J connectivity index is 2.37. The lowest BCUT2D eigenvalue weighted by molar-refractivity contribution is 0.0437. The number of nitrogens with zero attached hydrogens (tertiary/aromatic N) is 2. The summed E-state index contributed by atoms with van der Waals surface area (Å²) >= 11 is 0. The summed E-state index contributed by atoms with van der Waals surface area (Å²) in [4.78, 5) is 15.7. The van der Waals surface area contributed by atoms with E-state index in [1.807, 2.05) is 30.7 Å². The summed E-state index contributed by atoms with van der Waals surface area (Å²) in [5.41, 5.74) is 0. The Morgan fingerprint density at radius 1 is 1.38 bits per heavy atom. The molecule has 4 heteroatoms. The first-order valence-corrected chi connectivity index (χ1v) is 6.26. The largest absolute Gasteiger partial charge is 0.381 e. The van der Waals surface area contributed by atoms with E-state index in [1.165, 1.54) is 6.42 Å². The fraction of sp³-hybridized carbons (Fsp3) is 0.917. The molecule has 0 N–H and O–H groups in total. The van der Waals surface area contributed by atoms with Crippen LogP contribution in [0.5, 0.6) is 0 Å². The van der Waals surface area contributed by atoms with E-state index in [2.05, 4.69) is 0 Å². The van der Waals surface area contributed by atoms with Gasteiger partial charge in [-0.25, -0.2) is 4.79 Å². The molecule has 0 bridgehead atoms. The Kier molecular flexibility index (Phi) is 5.60. The number of urea groups is 1. The van der Waals surface area contributed by atoms with Crippen molar-refractivity contribution in [1.29, 1.82) is 0 Å². The van der Waals surface area contributed by atoms with Gasteiger partial charge in [-0.05, 0) is 26.7 Å². The average molecular weight is 228 g/mol. The van der Waals surface area contributed by atoms with Crippen molar-refractivity contribution >= 4 is 6.03 Å². The topological polar surface area (TPSA) is 32.8 Å². The van der Waals surface area contributed by atoms with Crippen LogP contribution >= 0.6 is 0 Å². The minimum atomic E-state index is 0.135. The van der Waals surface area contributed by atoms with Crippen LogP contribution in [0.25, 0.3) is 0 Å². The highest BCUT2D eigenvalue weighted by molar-refractivity contribution is 5.74. The summed E-state index contributed by atoms with van der Waals surface area (Å²) in [5.74, 6) is 0.512. The van der Waals surface area contributed by atoms with Crippen LogP contribution in [0.2, 0.25) is 0 Å². The van der Waals surface area contributed by atoms with Gasteiger partial charge in [0.25, 0.3) is 0 Å². The van der Waals surface area contributed by atoms with Gasteiger partial charge in [-0.15, -0.1) is 0 Å². The summed E-state index contributed by atoms with van der Waals surface area (Å²) in [5, 5.41) is 0. The van der Waals surface area contributed by atoms with Crippen molar-refractivity contribution < 1.29 is 9.53 Å². The first-order valence-electron chi connectivity index (χ1n) is 6.26.